The highest BCUT2D eigenvalue weighted by molar-refractivity contribution is 9.10. The Morgan fingerprint density at radius 1 is 1.39 bits per heavy atom. The molecule has 0 aliphatic carbocycles. The second-order valence-corrected chi connectivity index (χ2v) is 4.72. The summed E-state index contributed by atoms with van der Waals surface area (Å²) in [5, 5.41) is 6.09. The van der Waals surface area contributed by atoms with Gasteiger partial charge in [-0.25, -0.2) is 0 Å². The average Bonchev–Trinajstić information content (AvgIpc) is 2.38. The lowest BCUT2D eigenvalue weighted by atomic mass is 10.2. The van der Waals surface area contributed by atoms with Gasteiger partial charge in [-0.3, -0.25) is 4.79 Å². The first-order valence-corrected chi connectivity index (χ1v) is 6.80. The molecule has 0 aromatic heterocycles. The van der Waals surface area contributed by atoms with Gasteiger partial charge in [0.25, 0.3) is 5.91 Å². The maximum Gasteiger partial charge on any atom is 0.255 e. The summed E-state index contributed by atoms with van der Waals surface area (Å²) in [5.41, 5.74) is 0.559. The van der Waals surface area contributed by atoms with Crippen molar-refractivity contribution in [1.82, 2.24) is 10.6 Å². The zero-order chi connectivity index (χ0) is 13.4. The summed E-state index contributed by atoms with van der Waals surface area (Å²) >= 11 is 3.35. The highest BCUT2D eigenvalue weighted by Crippen LogP contribution is 2.23. The number of hydrogen-bond donors (Lipinski definition) is 2. The molecule has 0 saturated heterocycles. The third kappa shape index (κ3) is 4.66. The fourth-order valence-corrected chi connectivity index (χ4v) is 1.88. The molecular weight excluding hydrogens is 296 g/mol. The van der Waals surface area contributed by atoms with Gasteiger partial charge in [-0.05, 0) is 37.7 Å². The number of ether oxygens (including phenoxy) is 1. The van der Waals surface area contributed by atoms with Crippen LogP contribution in [0.3, 0.4) is 0 Å². The first-order chi connectivity index (χ1) is 8.69. The summed E-state index contributed by atoms with van der Waals surface area (Å²) in [6, 6.07) is 5.37. The van der Waals surface area contributed by atoms with Crippen LogP contribution in [-0.4, -0.2) is 32.7 Å². The van der Waals surface area contributed by atoms with Crippen molar-refractivity contribution < 1.29 is 9.53 Å². The Kier molecular flexibility index (Phi) is 6.75. The predicted molar refractivity (Wildman–Crippen MR) is 76.2 cm³/mol. The van der Waals surface area contributed by atoms with Gasteiger partial charge in [0.1, 0.15) is 5.75 Å². The molecule has 18 heavy (non-hydrogen) atoms. The molecule has 100 valence electrons. The fraction of sp³-hybridized carbons (Fsp3) is 0.462. The van der Waals surface area contributed by atoms with E-state index >= 15 is 0 Å². The molecule has 0 aliphatic heterocycles. The van der Waals surface area contributed by atoms with Crippen LogP contribution >= 0.6 is 15.9 Å². The van der Waals surface area contributed by atoms with Crippen molar-refractivity contribution in [2.45, 2.75) is 13.3 Å². The first-order valence-electron chi connectivity index (χ1n) is 6.01. The number of methoxy groups -OCH3 is 1. The highest BCUT2D eigenvalue weighted by Gasteiger charge is 2.11. The molecule has 0 fully saturated rings. The van der Waals surface area contributed by atoms with Crippen molar-refractivity contribution in [2.75, 3.05) is 26.7 Å². The second-order valence-electron chi connectivity index (χ2n) is 3.81. The third-order valence-corrected chi connectivity index (χ3v) is 2.97. The lowest BCUT2D eigenvalue weighted by Gasteiger charge is -2.09. The van der Waals surface area contributed by atoms with Gasteiger partial charge in [0.2, 0.25) is 0 Å². The molecule has 1 amide bonds. The topological polar surface area (TPSA) is 50.4 Å². The molecular formula is C13H19BrN2O2. The number of hydrogen-bond acceptors (Lipinski definition) is 3. The van der Waals surface area contributed by atoms with Crippen molar-refractivity contribution in [3.8, 4) is 5.75 Å². The lowest BCUT2D eigenvalue weighted by Crippen LogP contribution is -2.27. The Balaban J connectivity index is 2.51. The Morgan fingerprint density at radius 2 is 2.17 bits per heavy atom. The van der Waals surface area contributed by atoms with Gasteiger partial charge in [-0.15, -0.1) is 0 Å². The largest absolute Gasteiger partial charge is 0.496 e. The summed E-state index contributed by atoms with van der Waals surface area (Å²) in [6.07, 6.45) is 0.915. The van der Waals surface area contributed by atoms with E-state index in [0.29, 0.717) is 17.9 Å². The molecule has 5 heteroatoms. The Bertz CT molecular complexity index is 397. The zero-order valence-corrected chi connectivity index (χ0v) is 12.3. The van der Waals surface area contributed by atoms with Crippen LogP contribution < -0.4 is 15.4 Å². The SMILES string of the molecule is CCNCCCNC(=O)c1ccc(Br)cc1OC. The second kappa shape index (κ2) is 8.11. The number of halogens is 1. The van der Waals surface area contributed by atoms with Gasteiger partial charge in [0, 0.05) is 11.0 Å². The molecule has 0 atom stereocenters. The van der Waals surface area contributed by atoms with Crippen LogP contribution in [0.2, 0.25) is 0 Å². The standard InChI is InChI=1S/C13H19BrN2O2/c1-3-15-7-4-8-16-13(17)11-6-5-10(14)9-12(11)18-2/h5-6,9,15H,3-4,7-8H2,1-2H3,(H,16,17). The minimum absolute atomic E-state index is 0.101. The van der Waals surface area contributed by atoms with Gasteiger partial charge >= 0.3 is 0 Å². The Labute approximate surface area is 116 Å². The van der Waals surface area contributed by atoms with Crippen molar-refractivity contribution in [3.05, 3.63) is 28.2 Å². The average molecular weight is 315 g/mol. The molecule has 1 rings (SSSR count). The van der Waals surface area contributed by atoms with Crippen LogP contribution in [-0.2, 0) is 0 Å². The van der Waals surface area contributed by atoms with Crippen LogP contribution in [0, 0.1) is 0 Å². The molecule has 1 aromatic rings. The molecule has 4 nitrogen and oxygen atoms in total. The quantitative estimate of drug-likeness (QED) is 0.758. The number of carbonyl (C=O) groups excluding carboxylic acids is 1. The summed E-state index contributed by atoms with van der Waals surface area (Å²) in [6.45, 7) is 4.58. The van der Waals surface area contributed by atoms with Gasteiger partial charge in [0.05, 0.1) is 12.7 Å². The van der Waals surface area contributed by atoms with E-state index in [2.05, 4.69) is 33.5 Å². The van der Waals surface area contributed by atoms with Crippen molar-refractivity contribution in [1.29, 1.82) is 0 Å². The van der Waals surface area contributed by atoms with Gasteiger partial charge in [-0.2, -0.15) is 0 Å². The van der Waals surface area contributed by atoms with Crippen LogP contribution in [0.15, 0.2) is 22.7 Å². The molecule has 0 radical (unpaired) electrons. The van der Waals surface area contributed by atoms with Gasteiger partial charge < -0.3 is 15.4 Å². The minimum Gasteiger partial charge on any atom is -0.496 e. The van der Waals surface area contributed by atoms with Crippen LogP contribution in [0.4, 0.5) is 0 Å². The summed E-state index contributed by atoms with van der Waals surface area (Å²) in [4.78, 5) is 11.9. The maximum atomic E-state index is 11.9. The molecule has 0 spiro atoms. The molecule has 1 aromatic carbocycles. The van der Waals surface area contributed by atoms with Crippen molar-refractivity contribution >= 4 is 21.8 Å². The molecule has 0 aliphatic rings. The van der Waals surface area contributed by atoms with E-state index in [1.54, 1.807) is 19.2 Å². The Morgan fingerprint density at radius 3 is 2.83 bits per heavy atom. The minimum atomic E-state index is -0.101. The monoisotopic (exact) mass is 314 g/mol. The molecule has 0 saturated carbocycles. The molecule has 0 bridgehead atoms. The van der Waals surface area contributed by atoms with E-state index in [0.717, 1.165) is 24.0 Å². The smallest absolute Gasteiger partial charge is 0.255 e. The fourth-order valence-electron chi connectivity index (χ4n) is 1.54. The van der Waals surface area contributed by atoms with E-state index < -0.39 is 0 Å². The summed E-state index contributed by atoms with van der Waals surface area (Å²) in [7, 11) is 1.56. The highest BCUT2D eigenvalue weighted by atomic mass is 79.9. The summed E-state index contributed by atoms with van der Waals surface area (Å²) < 4.78 is 6.08. The Hall–Kier alpha value is -1.07. The first kappa shape index (κ1) is 15.0. The molecule has 0 heterocycles. The number of nitrogens with one attached hydrogen (secondary N) is 2. The van der Waals surface area contributed by atoms with Crippen LogP contribution in [0.25, 0.3) is 0 Å². The predicted octanol–water partition coefficient (Wildman–Crippen LogP) is 2.19. The van der Waals surface area contributed by atoms with Gasteiger partial charge in [0.15, 0.2) is 0 Å². The number of rotatable bonds is 7. The maximum absolute atomic E-state index is 11.9. The normalized spacial score (nSPS) is 10.2. The van der Waals surface area contributed by atoms with E-state index in [9.17, 15) is 4.79 Å². The van der Waals surface area contributed by atoms with Gasteiger partial charge in [-0.1, -0.05) is 22.9 Å². The number of benzene rings is 1. The zero-order valence-electron chi connectivity index (χ0n) is 10.8. The van der Waals surface area contributed by atoms with Crippen molar-refractivity contribution in [2.24, 2.45) is 0 Å². The van der Waals surface area contributed by atoms with E-state index in [1.807, 2.05) is 6.07 Å². The van der Waals surface area contributed by atoms with Crippen molar-refractivity contribution in [3.63, 3.8) is 0 Å². The number of amides is 1. The van der Waals surface area contributed by atoms with E-state index in [-0.39, 0.29) is 5.91 Å². The third-order valence-electron chi connectivity index (χ3n) is 2.47. The molecule has 0 unspecified atom stereocenters. The molecule has 2 N–H and O–H groups in total. The summed E-state index contributed by atoms with van der Waals surface area (Å²) in [5.74, 6) is 0.476. The van der Waals surface area contributed by atoms with Crippen LogP contribution in [0.5, 0.6) is 5.75 Å². The van der Waals surface area contributed by atoms with Crippen LogP contribution in [0.1, 0.15) is 23.7 Å². The van der Waals surface area contributed by atoms with E-state index in [4.69, 9.17) is 4.74 Å². The lowest BCUT2D eigenvalue weighted by molar-refractivity contribution is 0.0950. The number of carbonyl (C=O) groups is 1. The van der Waals surface area contributed by atoms with E-state index in [1.165, 1.54) is 0 Å².